The SMILES string of the molecule is CCCn1ncc(OC)c1C(=O)C(C)(C)CC. The van der Waals surface area contributed by atoms with Gasteiger partial charge < -0.3 is 4.74 Å². The van der Waals surface area contributed by atoms with Crippen LogP contribution in [0.5, 0.6) is 5.75 Å². The second-order valence-corrected chi connectivity index (χ2v) is 4.85. The molecule has 0 saturated carbocycles. The summed E-state index contributed by atoms with van der Waals surface area (Å²) in [7, 11) is 1.57. The van der Waals surface area contributed by atoms with Crippen LogP contribution >= 0.6 is 0 Å². The number of Topliss-reactive ketones (excluding diaryl/α,β-unsaturated/α-hetero) is 1. The van der Waals surface area contributed by atoms with Crippen molar-refractivity contribution >= 4 is 5.78 Å². The van der Waals surface area contributed by atoms with Crippen LogP contribution in [0.15, 0.2) is 6.20 Å². The summed E-state index contributed by atoms with van der Waals surface area (Å²) >= 11 is 0. The number of methoxy groups -OCH3 is 1. The fourth-order valence-corrected chi connectivity index (χ4v) is 1.61. The molecule has 0 fully saturated rings. The van der Waals surface area contributed by atoms with E-state index in [-0.39, 0.29) is 11.2 Å². The van der Waals surface area contributed by atoms with Gasteiger partial charge >= 0.3 is 0 Å². The van der Waals surface area contributed by atoms with Gasteiger partial charge in [-0.25, -0.2) is 0 Å². The molecule has 0 aliphatic rings. The molecule has 1 rings (SSSR count). The van der Waals surface area contributed by atoms with Gasteiger partial charge in [0.15, 0.2) is 11.5 Å². The van der Waals surface area contributed by atoms with E-state index in [2.05, 4.69) is 12.0 Å². The average Bonchev–Trinajstić information content (AvgIpc) is 2.71. The van der Waals surface area contributed by atoms with Gasteiger partial charge in [-0.1, -0.05) is 27.7 Å². The topological polar surface area (TPSA) is 44.1 Å². The standard InChI is InChI=1S/C13H22N2O2/c1-6-8-15-11(10(17-5)9-14-15)12(16)13(3,4)7-2/h9H,6-8H2,1-5H3. The molecule has 4 nitrogen and oxygen atoms in total. The van der Waals surface area contributed by atoms with Gasteiger partial charge in [0.05, 0.1) is 13.3 Å². The fourth-order valence-electron chi connectivity index (χ4n) is 1.61. The maximum Gasteiger partial charge on any atom is 0.190 e. The molecule has 0 N–H and O–H groups in total. The van der Waals surface area contributed by atoms with Crippen LogP contribution in [0.3, 0.4) is 0 Å². The first kappa shape index (κ1) is 13.7. The molecule has 1 aromatic heterocycles. The van der Waals surface area contributed by atoms with E-state index in [1.54, 1.807) is 18.0 Å². The molecule has 0 aliphatic heterocycles. The molecule has 0 spiro atoms. The number of carbonyl (C=O) groups excluding carboxylic acids is 1. The highest BCUT2D eigenvalue weighted by molar-refractivity contribution is 6.00. The molecule has 0 aliphatic carbocycles. The highest BCUT2D eigenvalue weighted by Crippen LogP contribution is 2.30. The van der Waals surface area contributed by atoms with E-state index in [9.17, 15) is 4.79 Å². The molecule has 4 heteroatoms. The van der Waals surface area contributed by atoms with Crippen LogP contribution in [-0.4, -0.2) is 22.7 Å². The first-order valence-corrected chi connectivity index (χ1v) is 6.12. The van der Waals surface area contributed by atoms with Gasteiger partial charge in [0.1, 0.15) is 5.69 Å². The Kier molecular flexibility index (Phi) is 4.32. The van der Waals surface area contributed by atoms with Crippen molar-refractivity contribution in [2.45, 2.75) is 47.1 Å². The molecule has 0 aromatic carbocycles. The summed E-state index contributed by atoms with van der Waals surface area (Å²) in [4.78, 5) is 12.5. The number of nitrogens with zero attached hydrogens (tertiary/aromatic N) is 2. The van der Waals surface area contributed by atoms with Gasteiger partial charge in [-0.15, -0.1) is 0 Å². The number of hydrogen-bond donors (Lipinski definition) is 0. The van der Waals surface area contributed by atoms with Gasteiger partial charge in [-0.05, 0) is 12.8 Å². The summed E-state index contributed by atoms with van der Waals surface area (Å²) in [6.07, 6.45) is 3.36. The molecule has 0 bridgehead atoms. The van der Waals surface area contributed by atoms with E-state index in [0.717, 1.165) is 19.4 Å². The van der Waals surface area contributed by atoms with Crippen molar-refractivity contribution < 1.29 is 9.53 Å². The smallest absolute Gasteiger partial charge is 0.190 e. The Balaban J connectivity index is 3.18. The van der Waals surface area contributed by atoms with E-state index in [4.69, 9.17) is 4.74 Å². The molecule has 0 unspecified atom stereocenters. The minimum Gasteiger partial charge on any atom is -0.493 e. The van der Waals surface area contributed by atoms with E-state index in [1.165, 1.54) is 0 Å². The lowest BCUT2D eigenvalue weighted by molar-refractivity contribution is 0.0817. The maximum absolute atomic E-state index is 12.5. The summed E-state index contributed by atoms with van der Waals surface area (Å²) in [5.74, 6) is 0.674. The van der Waals surface area contributed by atoms with Crippen LogP contribution < -0.4 is 4.74 Å². The van der Waals surface area contributed by atoms with Crippen LogP contribution in [0.2, 0.25) is 0 Å². The van der Waals surface area contributed by atoms with Crippen LogP contribution in [0.25, 0.3) is 0 Å². The molecular formula is C13H22N2O2. The molecule has 17 heavy (non-hydrogen) atoms. The molecule has 0 radical (unpaired) electrons. The van der Waals surface area contributed by atoms with Crippen LogP contribution in [-0.2, 0) is 6.54 Å². The van der Waals surface area contributed by atoms with Crippen LogP contribution in [0.4, 0.5) is 0 Å². The number of aromatic nitrogens is 2. The van der Waals surface area contributed by atoms with Gasteiger partial charge in [-0.3, -0.25) is 9.48 Å². The minimum atomic E-state index is -0.376. The second kappa shape index (κ2) is 5.34. The Labute approximate surface area is 103 Å². The first-order valence-electron chi connectivity index (χ1n) is 6.12. The molecule has 0 saturated heterocycles. The van der Waals surface area contributed by atoms with Crippen molar-refractivity contribution in [2.24, 2.45) is 5.41 Å². The third-order valence-electron chi connectivity index (χ3n) is 3.17. The normalized spacial score (nSPS) is 11.6. The summed E-state index contributed by atoms with van der Waals surface area (Å²) in [5.41, 5.74) is 0.222. The van der Waals surface area contributed by atoms with Gasteiger partial charge in [0.25, 0.3) is 0 Å². The Morgan fingerprint density at radius 1 is 1.47 bits per heavy atom. The maximum atomic E-state index is 12.5. The highest BCUT2D eigenvalue weighted by Gasteiger charge is 2.31. The summed E-state index contributed by atoms with van der Waals surface area (Å²) < 4.78 is 6.98. The quantitative estimate of drug-likeness (QED) is 0.716. The zero-order valence-electron chi connectivity index (χ0n) is 11.4. The Morgan fingerprint density at radius 3 is 2.59 bits per heavy atom. The van der Waals surface area contributed by atoms with Gasteiger partial charge in [0, 0.05) is 12.0 Å². The zero-order chi connectivity index (χ0) is 13.1. The first-order chi connectivity index (χ1) is 7.97. The van der Waals surface area contributed by atoms with Crippen LogP contribution in [0.1, 0.15) is 51.0 Å². The Hall–Kier alpha value is -1.32. The van der Waals surface area contributed by atoms with Crippen molar-refractivity contribution in [1.29, 1.82) is 0 Å². The average molecular weight is 238 g/mol. The fraction of sp³-hybridized carbons (Fsp3) is 0.692. The number of carbonyl (C=O) groups is 1. The second-order valence-electron chi connectivity index (χ2n) is 4.85. The van der Waals surface area contributed by atoms with E-state index < -0.39 is 0 Å². The van der Waals surface area contributed by atoms with Gasteiger partial charge in [-0.2, -0.15) is 5.10 Å². The lowest BCUT2D eigenvalue weighted by Gasteiger charge is -2.21. The van der Waals surface area contributed by atoms with Crippen molar-refractivity contribution in [3.63, 3.8) is 0 Å². The predicted octanol–water partition coefficient (Wildman–Crippen LogP) is 2.92. The third kappa shape index (κ3) is 2.68. The summed E-state index contributed by atoms with van der Waals surface area (Å²) in [6, 6.07) is 0. The zero-order valence-corrected chi connectivity index (χ0v) is 11.4. The lowest BCUT2D eigenvalue weighted by Crippen LogP contribution is -2.26. The Bertz CT molecular complexity index is 394. The van der Waals surface area contributed by atoms with E-state index in [0.29, 0.717) is 11.4 Å². The molecule has 1 aromatic rings. The van der Waals surface area contributed by atoms with E-state index >= 15 is 0 Å². The number of ether oxygens (including phenoxy) is 1. The summed E-state index contributed by atoms with van der Waals surface area (Å²) in [5, 5.41) is 4.22. The van der Waals surface area contributed by atoms with E-state index in [1.807, 2.05) is 20.8 Å². The highest BCUT2D eigenvalue weighted by atomic mass is 16.5. The van der Waals surface area contributed by atoms with Crippen molar-refractivity contribution in [1.82, 2.24) is 9.78 Å². The van der Waals surface area contributed by atoms with Crippen molar-refractivity contribution in [3.05, 3.63) is 11.9 Å². The Morgan fingerprint density at radius 2 is 2.12 bits per heavy atom. The molecule has 0 atom stereocenters. The predicted molar refractivity (Wildman–Crippen MR) is 67.5 cm³/mol. The number of aryl methyl sites for hydroxylation is 1. The summed E-state index contributed by atoms with van der Waals surface area (Å²) in [6.45, 7) is 8.73. The van der Waals surface area contributed by atoms with Gasteiger partial charge in [0.2, 0.25) is 0 Å². The van der Waals surface area contributed by atoms with Crippen molar-refractivity contribution in [2.75, 3.05) is 7.11 Å². The minimum absolute atomic E-state index is 0.0998. The molecular weight excluding hydrogens is 216 g/mol. The van der Waals surface area contributed by atoms with Crippen LogP contribution in [0, 0.1) is 5.41 Å². The van der Waals surface area contributed by atoms with Crippen molar-refractivity contribution in [3.8, 4) is 5.75 Å². The molecule has 96 valence electrons. The lowest BCUT2D eigenvalue weighted by atomic mass is 9.83. The number of hydrogen-bond acceptors (Lipinski definition) is 3. The monoisotopic (exact) mass is 238 g/mol. The largest absolute Gasteiger partial charge is 0.493 e. The number of rotatable bonds is 6. The number of ketones is 1. The third-order valence-corrected chi connectivity index (χ3v) is 3.17. The molecule has 1 heterocycles. The molecule has 0 amide bonds.